The van der Waals surface area contributed by atoms with Gasteiger partial charge < -0.3 is 5.32 Å². The molecule has 0 saturated carbocycles. The Morgan fingerprint density at radius 3 is 2.62 bits per heavy atom. The van der Waals surface area contributed by atoms with Crippen molar-refractivity contribution in [1.29, 1.82) is 0 Å². The molecule has 1 N–H and O–H groups in total. The predicted octanol–water partition coefficient (Wildman–Crippen LogP) is 5.66. The van der Waals surface area contributed by atoms with E-state index in [0.29, 0.717) is 11.5 Å². The van der Waals surface area contributed by atoms with E-state index in [1.165, 1.54) is 23.5 Å². The van der Waals surface area contributed by atoms with Crippen LogP contribution in [-0.2, 0) is 0 Å². The number of rotatable bonds is 4. The van der Waals surface area contributed by atoms with Crippen LogP contribution in [0.5, 0.6) is 0 Å². The van der Waals surface area contributed by atoms with Crippen LogP contribution in [0, 0.1) is 10.1 Å². The Morgan fingerprint density at radius 1 is 1.04 bits per heavy atom. The zero-order valence-corrected chi connectivity index (χ0v) is 14.8. The van der Waals surface area contributed by atoms with Crippen LogP contribution in [0.2, 0.25) is 5.28 Å². The van der Waals surface area contributed by atoms with Crippen molar-refractivity contribution in [2.24, 2.45) is 0 Å². The SMILES string of the molecule is O=[N+]([O-])c1cccc(Nc2nc(Cl)nc3sc(-c4ccccc4)cc23)c1. The fraction of sp³-hybridized carbons (Fsp3) is 0. The number of nitrogens with one attached hydrogen (secondary N) is 1. The summed E-state index contributed by atoms with van der Waals surface area (Å²) in [6.07, 6.45) is 0. The number of aromatic nitrogens is 2. The first-order chi connectivity index (χ1) is 12.6. The third-order valence-electron chi connectivity index (χ3n) is 3.74. The molecule has 0 amide bonds. The molecule has 0 saturated heterocycles. The van der Waals surface area contributed by atoms with Crippen molar-refractivity contribution in [3.8, 4) is 10.4 Å². The highest BCUT2D eigenvalue weighted by Gasteiger charge is 2.13. The molecule has 2 aromatic carbocycles. The Bertz CT molecular complexity index is 1110. The maximum absolute atomic E-state index is 11.0. The Hall–Kier alpha value is -3.03. The topological polar surface area (TPSA) is 81.0 Å². The fourth-order valence-corrected chi connectivity index (χ4v) is 3.83. The molecule has 2 heterocycles. The van der Waals surface area contributed by atoms with Crippen LogP contribution in [0.15, 0.2) is 60.7 Å². The standard InChI is InChI=1S/C18H11ClN4O2S/c19-18-21-16(20-12-7-4-8-13(9-12)23(24)25)14-10-15(26-17(14)22-18)11-5-2-1-3-6-11/h1-10H,(H,20,21,22). The van der Waals surface area contributed by atoms with Gasteiger partial charge in [0.1, 0.15) is 10.6 Å². The number of nitro groups is 1. The molecule has 0 spiro atoms. The van der Waals surface area contributed by atoms with Crippen molar-refractivity contribution in [2.45, 2.75) is 0 Å². The maximum Gasteiger partial charge on any atom is 0.271 e. The fourth-order valence-electron chi connectivity index (χ4n) is 2.57. The van der Waals surface area contributed by atoms with E-state index in [1.54, 1.807) is 12.1 Å². The lowest BCUT2D eigenvalue weighted by Crippen LogP contribution is -1.97. The Labute approximate surface area is 157 Å². The first-order valence-electron chi connectivity index (χ1n) is 7.64. The minimum atomic E-state index is -0.439. The van der Waals surface area contributed by atoms with Gasteiger partial charge in [-0.1, -0.05) is 36.4 Å². The van der Waals surface area contributed by atoms with Crippen molar-refractivity contribution in [1.82, 2.24) is 9.97 Å². The molecule has 0 fully saturated rings. The van der Waals surface area contributed by atoms with E-state index in [-0.39, 0.29) is 11.0 Å². The number of fused-ring (bicyclic) bond motifs is 1. The lowest BCUT2D eigenvalue weighted by atomic mass is 10.2. The molecule has 0 aliphatic carbocycles. The second-order valence-corrected chi connectivity index (χ2v) is 6.84. The number of nitro benzene ring substituents is 1. The molecule has 2 aromatic heterocycles. The molecule has 0 aliphatic rings. The Morgan fingerprint density at radius 2 is 1.85 bits per heavy atom. The van der Waals surface area contributed by atoms with Gasteiger partial charge in [-0.05, 0) is 29.3 Å². The van der Waals surface area contributed by atoms with Crippen LogP contribution in [-0.4, -0.2) is 14.9 Å². The lowest BCUT2D eigenvalue weighted by Gasteiger charge is -2.06. The highest BCUT2D eigenvalue weighted by Crippen LogP contribution is 2.37. The van der Waals surface area contributed by atoms with Gasteiger partial charge in [0, 0.05) is 22.7 Å². The lowest BCUT2D eigenvalue weighted by molar-refractivity contribution is -0.384. The van der Waals surface area contributed by atoms with E-state index in [4.69, 9.17) is 11.6 Å². The van der Waals surface area contributed by atoms with Crippen LogP contribution >= 0.6 is 22.9 Å². The maximum atomic E-state index is 11.0. The molecule has 0 bridgehead atoms. The number of non-ortho nitro benzene ring substituents is 1. The van der Waals surface area contributed by atoms with E-state index in [9.17, 15) is 10.1 Å². The summed E-state index contributed by atoms with van der Waals surface area (Å²) in [6.45, 7) is 0. The summed E-state index contributed by atoms with van der Waals surface area (Å²) in [5.74, 6) is 0.513. The highest BCUT2D eigenvalue weighted by molar-refractivity contribution is 7.22. The summed E-state index contributed by atoms with van der Waals surface area (Å²) >= 11 is 7.58. The summed E-state index contributed by atoms with van der Waals surface area (Å²) in [5, 5.41) is 15.0. The summed E-state index contributed by atoms with van der Waals surface area (Å²) in [7, 11) is 0. The van der Waals surface area contributed by atoms with Gasteiger partial charge in [-0.3, -0.25) is 10.1 Å². The third kappa shape index (κ3) is 3.22. The zero-order valence-electron chi connectivity index (χ0n) is 13.2. The van der Waals surface area contributed by atoms with E-state index < -0.39 is 4.92 Å². The van der Waals surface area contributed by atoms with Gasteiger partial charge in [-0.15, -0.1) is 11.3 Å². The second-order valence-electron chi connectivity index (χ2n) is 5.47. The number of halogens is 1. The summed E-state index contributed by atoms with van der Waals surface area (Å²) in [4.78, 5) is 20.9. The van der Waals surface area contributed by atoms with Crippen molar-refractivity contribution in [3.05, 3.63) is 76.1 Å². The monoisotopic (exact) mass is 382 g/mol. The van der Waals surface area contributed by atoms with Gasteiger partial charge in [-0.25, -0.2) is 4.98 Å². The van der Waals surface area contributed by atoms with Gasteiger partial charge in [0.2, 0.25) is 5.28 Å². The molecule has 0 atom stereocenters. The van der Waals surface area contributed by atoms with Crippen LogP contribution in [0.25, 0.3) is 20.7 Å². The number of thiophene rings is 1. The normalized spacial score (nSPS) is 10.8. The average molecular weight is 383 g/mol. The molecular formula is C18H11ClN4O2S. The van der Waals surface area contributed by atoms with Gasteiger partial charge in [0.15, 0.2) is 0 Å². The number of anilines is 2. The number of hydrogen-bond donors (Lipinski definition) is 1. The van der Waals surface area contributed by atoms with Gasteiger partial charge >= 0.3 is 0 Å². The molecule has 0 unspecified atom stereocenters. The first kappa shape index (κ1) is 16.4. The van der Waals surface area contributed by atoms with Crippen LogP contribution in [0.3, 0.4) is 0 Å². The van der Waals surface area contributed by atoms with Crippen LogP contribution in [0.1, 0.15) is 0 Å². The summed E-state index contributed by atoms with van der Waals surface area (Å²) < 4.78 is 0. The summed E-state index contributed by atoms with van der Waals surface area (Å²) in [5.41, 5.74) is 1.64. The molecular weight excluding hydrogens is 372 g/mol. The molecule has 26 heavy (non-hydrogen) atoms. The molecule has 0 aliphatic heterocycles. The molecule has 4 aromatic rings. The van der Waals surface area contributed by atoms with Gasteiger partial charge in [0.25, 0.3) is 5.69 Å². The molecule has 0 radical (unpaired) electrons. The number of hydrogen-bond acceptors (Lipinski definition) is 6. The van der Waals surface area contributed by atoms with E-state index in [1.807, 2.05) is 36.4 Å². The third-order valence-corrected chi connectivity index (χ3v) is 4.99. The smallest absolute Gasteiger partial charge is 0.271 e. The van der Waals surface area contributed by atoms with Crippen molar-refractivity contribution in [3.63, 3.8) is 0 Å². The minimum absolute atomic E-state index is 0.00156. The van der Waals surface area contributed by atoms with Crippen LogP contribution < -0.4 is 5.32 Å². The minimum Gasteiger partial charge on any atom is -0.339 e. The Balaban J connectivity index is 1.78. The number of nitrogens with zero attached hydrogens (tertiary/aromatic N) is 3. The molecule has 4 rings (SSSR count). The molecule has 8 heteroatoms. The predicted molar refractivity (Wildman–Crippen MR) is 104 cm³/mol. The van der Waals surface area contributed by atoms with E-state index in [2.05, 4.69) is 15.3 Å². The highest BCUT2D eigenvalue weighted by atomic mass is 35.5. The zero-order chi connectivity index (χ0) is 18.1. The van der Waals surface area contributed by atoms with Gasteiger partial charge in [0.05, 0.1) is 10.3 Å². The van der Waals surface area contributed by atoms with Crippen molar-refractivity contribution in [2.75, 3.05) is 5.32 Å². The molecule has 6 nitrogen and oxygen atoms in total. The Kier molecular flexibility index (Phi) is 4.24. The van der Waals surface area contributed by atoms with Crippen molar-refractivity contribution >= 4 is 50.3 Å². The number of benzene rings is 2. The molecule has 128 valence electrons. The second kappa shape index (κ2) is 6.70. The quantitative estimate of drug-likeness (QED) is 0.279. The van der Waals surface area contributed by atoms with Crippen LogP contribution in [0.4, 0.5) is 17.2 Å². The van der Waals surface area contributed by atoms with Crippen molar-refractivity contribution < 1.29 is 4.92 Å². The van der Waals surface area contributed by atoms with E-state index in [0.717, 1.165) is 20.7 Å². The van der Waals surface area contributed by atoms with E-state index >= 15 is 0 Å². The largest absolute Gasteiger partial charge is 0.339 e. The van der Waals surface area contributed by atoms with Gasteiger partial charge in [-0.2, -0.15) is 4.98 Å². The summed E-state index contributed by atoms with van der Waals surface area (Å²) in [6, 6.07) is 18.2. The average Bonchev–Trinajstić information content (AvgIpc) is 3.07. The first-order valence-corrected chi connectivity index (χ1v) is 8.83.